The molecule has 2 heterocycles. The summed E-state index contributed by atoms with van der Waals surface area (Å²) in [6.45, 7) is 0. The van der Waals surface area contributed by atoms with Crippen LogP contribution in [0.3, 0.4) is 0 Å². The molecule has 90 valence electrons. The zero-order valence-electron chi connectivity index (χ0n) is 10.4. The minimum absolute atomic E-state index is 0.877. The lowest BCUT2D eigenvalue weighted by molar-refractivity contribution is 1.13. The van der Waals surface area contributed by atoms with Crippen molar-refractivity contribution in [3.63, 3.8) is 0 Å². The van der Waals surface area contributed by atoms with Crippen LogP contribution in [0.25, 0.3) is 22.4 Å². The normalized spacial score (nSPS) is 10.8. The number of nitrogens with one attached hydrogen (secondary N) is 1. The maximum Gasteiger partial charge on any atom is 0.138 e. The third kappa shape index (κ3) is 1.82. The van der Waals surface area contributed by atoms with Crippen LogP contribution in [0.5, 0.6) is 0 Å². The molecule has 0 saturated carbocycles. The van der Waals surface area contributed by atoms with Gasteiger partial charge in [0.2, 0.25) is 0 Å². The molecule has 0 aliphatic carbocycles. The maximum absolute atomic E-state index is 4.57. The van der Waals surface area contributed by atoms with Gasteiger partial charge in [-0.05, 0) is 18.2 Å². The summed E-state index contributed by atoms with van der Waals surface area (Å²) in [5.41, 5.74) is 4.14. The number of imidazole rings is 1. The van der Waals surface area contributed by atoms with Gasteiger partial charge in [-0.1, -0.05) is 12.1 Å². The minimum Gasteiger partial charge on any atom is -0.378 e. The molecule has 0 bridgehead atoms. The molecule has 2 aromatic heterocycles. The molecule has 18 heavy (non-hydrogen) atoms. The Bertz CT molecular complexity index is 652. The summed E-state index contributed by atoms with van der Waals surface area (Å²) in [7, 11) is 4.06. The van der Waals surface area contributed by atoms with Gasteiger partial charge in [-0.25, -0.2) is 4.98 Å². The summed E-state index contributed by atoms with van der Waals surface area (Å²) in [6.07, 6.45) is 3.55. The predicted octanol–water partition coefficient (Wildman–Crippen LogP) is 2.69. The zero-order chi connectivity index (χ0) is 12.5. The van der Waals surface area contributed by atoms with Crippen LogP contribution in [0, 0.1) is 0 Å². The molecule has 0 spiro atoms. The largest absolute Gasteiger partial charge is 0.378 e. The standard InChI is InChI=1S/C14H14N4/c1-18(2)11-5-3-4-10(8-11)14-16-12-6-7-15-9-13(12)17-14/h3-9H,1-2H3,(H,16,17). The highest BCUT2D eigenvalue weighted by Crippen LogP contribution is 2.23. The van der Waals surface area contributed by atoms with Gasteiger partial charge in [0.15, 0.2) is 0 Å². The second kappa shape index (κ2) is 4.14. The summed E-state index contributed by atoms with van der Waals surface area (Å²) >= 11 is 0. The van der Waals surface area contributed by atoms with E-state index in [4.69, 9.17) is 0 Å². The Balaban J connectivity index is 2.11. The van der Waals surface area contributed by atoms with Gasteiger partial charge in [-0.15, -0.1) is 0 Å². The van der Waals surface area contributed by atoms with Gasteiger partial charge in [0.25, 0.3) is 0 Å². The molecule has 0 unspecified atom stereocenters. The monoisotopic (exact) mass is 238 g/mol. The van der Waals surface area contributed by atoms with Crippen LogP contribution < -0.4 is 4.90 Å². The lowest BCUT2D eigenvalue weighted by Gasteiger charge is -2.12. The lowest BCUT2D eigenvalue weighted by Crippen LogP contribution is -2.08. The van der Waals surface area contributed by atoms with Crippen molar-refractivity contribution in [2.45, 2.75) is 0 Å². The third-order valence-electron chi connectivity index (χ3n) is 2.92. The van der Waals surface area contributed by atoms with E-state index < -0.39 is 0 Å². The van der Waals surface area contributed by atoms with Gasteiger partial charge in [0.1, 0.15) is 5.82 Å². The van der Waals surface area contributed by atoms with E-state index in [1.807, 2.05) is 26.2 Å². The molecule has 3 aromatic rings. The Morgan fingerprint density at radius 3 is 2.83 bits per heavy atom. The second-order valence-corrected chi connectivity index (χ2v) is 4.42. The van der Waals surface area contributed by atoms with Crippen LogP contribution in [0.4, 0.5) is 5.69 Å². The van der Waals surface area contributed by atoms with Gasteiger partial charge in [-0.2, -0.15) is 0 Å². The molecule has 1 N–H and O–H groups in total. The third-order valence-corrected chi connectivity index (χ3v) is 2.92. The molecule has 0 radical (unpaired) electrons. The summed E-state index contributed by atoms with van der Waals surface area (Å²) in [5, 5.41) is 0. The molecule has 4 nitrogen and oxygen atoms in total. The first kappa shape index (κ1) is 10.8. The van der Waals surface area contributed by atoms with Crippen molar-refractivity contribution in [1.29, 1.82) is 0 Å². The summed E-state index contributed by atoms with van der Waals surface area (Å²) in [4.78, 5) is 14.0. The highest BCUT2D eigenvalue weighted by atomic mass is 15.1. The number of fused-ring (bicyclic) bond motifs is 1. The first-order valence-electron chi connectivity index (χ1n) is 5.81. The highest BCUT2D eigenvalue weighted by molar-refractivity contribution is 5.78. The molecular weight excluding hydrogens is 224 g/mol. The molecule has 0 saturated heterocycles. The van der Waals surface area contributed by atoms with E-state index in [0.717, 1.165) is 28.1 Å². The Labute approximate surface area is 105 Å². The first-order valence-corrected chi connectivity index (χ1v) is 5.81. The molecule has 1 aromatic carbocycles. The van der Waals surface area contributed by atoms with Crippen LogP contribution in [-0.2, 0) is 0 Å². The number of anilines is 1. The van der Waals surface area contributed by atoms with E-state index in [1.54, 1.807) is 12.4 Å². The number of H-pyrrole nitrogens is 1. The molecule has 0 aliphatic rings. The minimum atomic E-state index is 0.877. The summed E-state index contributed by atoms with van der Waals surface area (Å²) in [5.74, 6) is 0.877. The van der Waals surface area contributed by atoms with E-state index in [1.165, 1.54) is 0 Å². The molecule has 0 amide bonds. The van der Waals surface area contributed by atoms with E-state index in [9.17, 15) is 0 Å². The number of hydrogen-bond acceptors (Lipinski definition) is 3. The Morgan fingerprint density at radius 1 is 1.17 bits per heavy atom. The van der Waals surface area contributed by atoms with Crippen molar-refractivity contribution in [3.8, 4) is 11.4 Å². The first-order chi connectivity index (χ1) is 8.74. The van der Waals surface area contributed by atoms with Crippen LogP contribution in [0.2, 0.25) is 0 Å². The van der Waals surface area contributed by atoms with Crippen molar-refractivity contribution >= 4 is 16.7 Å². The fraction of sp³-hybridized carbons (Fsp3) is 0.143. The Hall–Kier alpha value is -2.36. The van der Waals surface area contributed by atoms with Crippen LogP contribution in [0.15, 0.2) is 42.7 Å². The van der Waals surface area contributed by atoms with Crippen molar-refractivity contribution < 1.29 is 0 Å². The molecule has 0 atom stereocenters. The number of benzene rings is 1. The van der Waals surface area contributed by atoms with Gasteiger partial charge < -0.3 is 9.88 Å². The van der Waals surface area contributed by atoms with Crippen molar-refractivity contribution in [1.82, 2.24) is 15.0 Å². The van der Waals surface area contributed by atoms with Crippen molar-refractivity contribution in [3.05, 3.63) is 42.7 Å². The lowest BCUT2D eigenvalue weighted by atomic mass is 10.2. The SMILES string of the molecule is CN(C)c1cccc(-c2nc3ccncc3[nH]2)c1. The number of aromatic amines is 1. The fourth-order valence-corrected chi connectivity index (χ4v) is 1.92. The van der Waals surface area contributed by atoms with E-state index in [2.05, 4.69) is 38.1 Å². The van der Waals surface area contributed by atoms with Gasteiger partial charge in [-0.3, -0.25) is 4.98 Å². The fourth-order valence-electron chi connectivity index (χ4n) is 1.92. The molecule has 0 fully saturated rings. The molecule has 0 aliphatic heterocycles. The average Bonchev–Trinajstić information content (AvgIpc) is 2.82. The van der Waals surface area contributed by atoms with Crippen LogP contribution in [-0.4, -0.2) is 29.0 Å². The van der Waals surface area contributed by atoms with Gasteiger partial charge >= 0.3 is 0 Å². The Morgan fingerprint density at radius 2 is 2.06 bits per heavy atom. The second-order valence-electron chi connectivity index (χ2n) is 4.42. The zero-order valence-corrected chi connectivity index (χ0v) is 10.4. The molecule has 4 heteroatoms. The number of hydrogen-bond donors (Lipinski definition) is 1. The topological polar surface area (TPSA) is 44.8 Å². The highest BCUT2D eigenvalue weighted by Gasteiger charge is 2.06. The quantitative estimate of drug-likeness (QED) is 0.746. The molecular formula is C14H14N4. The Kier molecular flexibility index (Phi) is 2.48. The number of rotatable bonds is 2. The summed E-state index contributed by atoms with van der Waals surface area (Å²) in [6, 6.07) is 10.2. The number of nitrogens with zero attached hydrogens (tertiary/aromatic N) is 3. The average molecular weight is 238 g/mol. The van der Waals surface area contributed by atoms with Crippen LogP contribution in [0.1, 0.15) is 0 Å². The molecule has 3 rings (SSSR count). The van der Waals surface area contributed by atoms with Crippen molar-refractivity contribution in [2.75, 3.05) is 19.0 Å². The van der Waals surface area contributed by atoms with E-state index in [0.29, 0.717) is 0 Å². The predicted molar refractivity (Wildman–Crippen MR) is 73.7 cm³/mol. The number of pyridine rings is 1. The summed E-state index contributed by atoms with van der Waals surface area (Å²) < 4.78 is 0. The number of aromatic nitrogens is 3. The van der Waals surface area contributed by atoms with E-state index in [-0.39, 0.29) is 0 Å². The van der Waals surface area contributed by atoms with E-state index >= 15 is 0 Å². The van der Waals surface area contributed by atoms with Crippen molar-refractivity contribution in [2.24, 2.45) is 0 Å². The maximum atomic E-state index is 4.57. The van der Waals surface area contributed by atoms with Gasteiger partial charge in [0, 0.05) is 31.5 Å². The van der Waals surface area contributed by atoms with Crippen LogP contribution >= 0.6 is 0 Å². The smallest absolute Gasteiger partial charge is 0.138 e. The van der Waals surface area contributed by atoms with Gasteiger partial charge in [0.05, 0.1) is 17.2 Å².